The van der Waals surface area contributed by atoms with E-state index in [1.165, 1.54) is 11.3 Å². The molecule has 0 saturated carbocycles. The summed E-state index contributed by atoms with van der Waals surface area (Å²) < 4.78 is 0. The van der Waals surface area contributed by atoms with E-state index in [4.69, 9.17) is 10.9 Å². The van der Waals surface area contributed by atoms with Gasteiger partial charge in [0, 0.05) is 20.0 Å². The third-order valence-electron chi connectivity index (χ3n) is 5.12. The van der Waals surface area contributed by atoms with E-state index < -0.39 is 18.0 Å². The summed E-state index contributed by atoms with van der Waals surface area (Å²) in [5, 5.41) is 20.7. The monoisotopic (exact) mass is 471 g/mol. The van der Waals surface area contributed by atoms with Gasteiger partial charge in [0.05, 0.1) is 26.5 Å². The fourth-order valence-electron chi connectivity index (χ4n) is 3.40. The summed E-state index contributed by atoms with van der Waals surface area (Å²) in [6.45, 7) is 6.16. The summed E-state index contributed by atoms with van der Waals surface area (Å²) in [5.41, 5.74) is 1.66. The van der Waals surface area contributed by atoms with Crippen LogP contribution in [0.2, 0.25) is 0 Å². The van der Waals surface area contributed by atoms with Crippen molar-refractivity contribution in [1.82, 2.24) is 15.0 Å². The molecule has 0 amide bonds. The number of rotatable bonds is 10. The molecule has 33 heavy (non-hydrogen) atoms. The maximum Gasteiger partial charge on any atom is 0.327 e. The molecule has 0 aliphatic heterocycles. The number of aromatic nitrogens is 2. The Hall–Kier alpha value is -3.70. The molecule has 174 valence electrons. The molecule has 0 aliphatic carbocycles. The Morgan fingerprint density at radius 1 is 1.27 bits per heavy atom. The van der Waals surface area contributed by atoms with Crippen molar-refractivity contribution in [2.24, 2.45) is 5.84 Å². The second-order valence-corrected chi connectivity index (χ2v) is 8.70. The molecule has 3 rings (SSSR count). The van der Waals surface area contributed by atoms with Crippen molar-refractivity contribution in [3.05, 3.63) is 63.5 Å². The van der Waals surface area contributed by atoms with E-state index in [0.717, 1.165) is 15.6 Å². The second kappa shape index (κ2) is 9.84. The van der Waals surface area contributed by atoms with Crippen LogP contribution < -0.4 is 16.3 Å². The van der Waals surface area contributed by atoms with Crippen LogP contribution >= 0.6 is 11.3 Å². The highest BCUT2D eigenvalue weighted by molar-refractivity contribution is 7.17. The van der Waals surface area contributed by atoms with Crippen LogP contribution in [0.15, 0.2) is 41.7 Å². The lowest BCUT2D eigenvalue weighted by atomic mass is 10.1. The lowest BCUT2D eigenvalue weighted by molar-refractivity contribution is -0.143. The highest BCUT2D eigenvalue weighted by Crippen LogP contribution is 2.32. The molecule has 10 nitrogen and oxygen atoms in total. The average molecular weight is 472 g/mol. The number of hydrogen-bond donors (Lipinski definition) is 4. The third-order valence-corrected chi connectivity index (χ3v) is 6.37. The first-order valence-corrected chi connectivity index (χ1v) is 10.9. The Balaban J connectivity index is 1.74. The lowest BCUT2D eigenvalue weighted by Gasteiger charge is -2.26. The molecular weight excluding hydrogens is 446 g/mol. The van der Waals surface area contributed by atoms with Gasteiger partial charge in [-0.3, -0.25) is 14.6 Å². The summed E-state index contributed by atoms with van der Waals surface area (Å²) >= 11 is 1.37. The molecule has 1 aromatic carbocycles. The molecule has 0 unspecified atom stereocenters. The van der Waals surface area contributed by atoms with Crippen LogP contribution in [0.1, 0.15) is 29.1 Å². The number of carboxylic acids is 2. The third kappa shape index (κ3) is 5.57. The smallest absolute Gasteiger partial charge is 0.327 e. The molecule has 11 heteroatoms. The fraction of sp³-hybridized carbons (Fsp3) is 0.273. The normalized spacial score (nSPS) is 11.8. The van der Waals surface area contributed by atoms with E-state index in [0.29, 0.717) is 28.1 Å². The summed E-state index contributed by atoms with van der Waals surface area (Å²) in [4.78, 5) is 44.3. The zero-order chi connectivity index (χ0) is 24.3. The van der Waals surface area contributed by atoms with E-state index in [2.05, 4.69) is 16.5 Å². The van der Waals surface area contributed by atoms with Crippen LogP contribution in [-0.2, 0) is 16.1 Å². The number of anilines is 1. The van der Waals surface area contributed by atoms with Crippen LogP contribution in [0.5, 0.6) is 0 Å². The van der Waals surface area contributed by atoms with E-state index in [9.17, 15) is 19.5 Å². The quantitative estimate of drug-likeness (QED) is 0.258. The minimum absolute atomic E-state index is 0.145. The molecule has 0 fully saturated rings. The van der Waals surface area contributed by atoms with Crippen molar-refractivity contribution >= 4 is 44.9 Å². The Morgan fingerprint density at radius 3 is 2.67 bits per heavy atom. The summed E-state index contributed by atoms with van der Waals surface area (Å²) in [6, 6.07) is 7.99. The standard InChI is InChI=1S/C22H25N5O5S/c1-12(27(23)17(22(31)32)6-9-20(28)29)18-7-8-19(33-18)26(3)11-14-4-5-16-15(10-14)21(30)25-13(2)24-16/h4-5,7-8,10,17H,1,6,9,11,23H2,2-3H3,(H,28,29)(H,31,32)(H,24,25,30)/t17-/m0/s1. The van der Waals surface area contributed by atoms with Gasteiger partial charge in [-0.15, -0.1) is 11.3 Å². The van der Waals surface area contributed by atoms with Gasteiger partial charge in [0.25, 0.3) is 5.56 Å². The van der Waals surface area contributed by atoms with Gasteiger partial charge in [0.2, 0.25) is 0 Å². The van der Waals surface area contributed by atoms with Crippen molar-refractivity contribution in [3.63, 3.8) is 0 Å². The van der Waals surface area contributed by atoms with Gasteiger partial charge in [-0.05, 0) is 43.2 Å². The van der Waals surface area contributed by atoms with Gasteiger partial charge in [-0.25, -0.2) is 15.6 Å². The first kappa shape index (κ1) is 24.0. The number of hydrogen-bond acceptors (Lipinski definition) is 8. The molecule has 2 aromatic heterocycles. The number of thiophene rings is 1. The van der Waals surface area contributed by atoms with E-state index in [-0.39, 0.29) is 24.1 Å². The number of aromatic amines is 1. The van der Waals surface area contributed by atoms with Crippen LogP contribution in [0.4, 0.5) is 5.00 Å². The number of aryl methyl sites for hydroxylation is 1. The SMILES string of the molecule is C=C(c1ccc(N(C)Cc2ccc3nc(C)[nH]c(=O)c3c2)s1)N(N)[C@@H](CCC(=O)O)C(=O)O. The Bertz CT molecular complexity index is 1270. The minimum Gasteiger partial charge on any atom is -0.481 e. The highest BCUT2D eigenvalue weighted by atomic mass is 32.1. The molecular formula is C22H25N5O5S. The van der Waals surface area contributed by atoms with Crippen LogP contribution in [0.25, 0.3) is 16.6 Å². The Morgan fingerprint density at radius 2 is 2.00 bits per heavy atom. The molecule has 0 saturated heterocycles. The van der Waals surface area contributed by atoms with Crippen molar-refractivity contribution < 1.29 is 19.8 Å². The molecule has 0 radical (unpaired) electrons. The predicted molar refractivity (Wildman–Crippen MR) is 127 cm³/mol. The number of aliphatic carboxylic acids is 2. The van der Waals surface area contributed by atoms with E-state index in [1.54, 1.807) is 13.0 Å². The van der Waals surface area contributed by atoms with Crippen LogP contribution in [-0.4, -0.2) is 50.2 Å². The molecule has 0 bridgehead atoms. The van der Waals surface area contributed by atoms with Gasteiger partial charge in [0.1, 0.15) is 11.9 Å². The molecule has 0 spiro atoms. The molecule has 2 heterocycles. The topological polar surface area (TPSA) is 153 Å². The second-order valence-electron chi connectivity index (χ2n) is 7.64. The summed E-state index contributed by atoms with van der Waals surface area (Å²) in [7, 11) is 1.90. The number of nitrogens with one attached hydrogen (secondary N) is 1. The Kier molecular flexibility index (Phi) is 7.14. The molecule has 5 N–H and O–H groups in total. The fourth-order valence-corrected chi connectivity index (χ4v) is 4.34. The largest absolute Gasteiger partial charge is 0.481 e. The number of fused-ring (bicyclic) bond motifs is 1. The van der Waals surface area contributed by atoms with Crippen molar-refractivity contribution in [1.29, 1.82) is 0 Å². The van der Waals surface area contributed by atoms with E-state index >= 15 is 0 Å². The van der Waals surface area contributed by atoms with Crippen LogP contribution in [0, 0.1) is 6.92 Å². The number of nitrogens with two attached hydrogens (primary N) is 1. The van der Waals surface area contributed by atoms with Crippen molar-refractivity contribution in [3.8, 4) is 0 Å². The number of carboxylic acid groups (broad SMARTS) is 2. The minimum atomic E-state index is -1.22. The first-order chi connectivity index (χ1) is 15.6. The highest BCUT2D eigenvalue weighted by Gasteiger charge is 2.26. The molecule has 0 aliphatic rings. The summed E-state index contributed by atoms with van der Waals surface area (Å²) in [6.07, 6.45) is -0.464. The van der Waals surface area contributed by atoms with Gasteiger partial charge in [-0.2, -0.15) is 0 Å². The molecule has 1 atom stereocenters. The summed E-state index contributed by atoms with van der Waals surface area (Å²) in [5.74, 6) is 4.23. The number of hydrazine groups is 1. The lowest BCUT2D eigenvalue weighted by Crippen LogP contribution is -2.44. The van der Waals surface area contributed by atoms with Crippen LogP contribution in [0.3, 0.4) is 0 Å². The zero-order valence-electron chi connectivity index (χ0n) is 18.2. The van der Waals surface area contributed by atoms with Crippen molar-refractivity contribution in [2.75, 3.05) is 11.9 Å². The van der Waals surface area contributed by atoms with E-state index in [1.807, 2.05) is 36.2 Å². The number of benzene rings is 1. The zero-order valence-corrected chi connectivity index (χ0v) is 19.1. The maximum absolute atomic E-state index is 12.2. The number of H-pyrrole nitrogens is 1. The first-order valence-electron chi connectivity index (χ1n) is 10.0. The van der Waals surface area contributed by atoms with Gasteiger partial charge in [0.15, 0.2) is 0 Å². The average Bonchev–Trinajstić information content (AvgIpc) is 3.23. The number of carbonyl (C=O) groups is 2. The maximum atomic E-state index is 12.2. The Labute approximate surface area is 193 Å². The predicted octanol–water partition coefficient (Wildman–Crippen LogP) is 2.39. The molecule has 3 aromatic rings. The number of nitrogens with zero attached hydrogens (tertiary/aromatic N) is 3. The van der Waals surface area contributed by atoms with Gasteiger partial charge < -0.3 is 20.1 Å². The van der Waals surface area contributed by atoms with Crippen molar-refractivity contribution in [2.45, 2.75) is 32.4 Å². The van der Waals surface area contributed by atoms with Gasteiger partial charge in [-0.1, -0.05) is 12.6 Å². The van der Waals surface area contributed by atoms with Gasteiger partial charge >= 0.3 is 11.9 Å².